The molecule has 5 rings (SSSR count). The normalized spacial score (nSPS) is 22.0. The highest BCUT2D eigenvalue weighted by molar-refractivity contribution is 5.82. The number of nitrogens with one attached hydrogen (secondary N) is 2. The van der Waals surface area contributed by atoms with Gasteiger partial charge >= 0.3 is 0 Å². The molecule has 2 fully saturated rings. The van der Waals surface area contributed by atoms with E-state index >= 15 is 0 Å². The van der Waals surface area contributed by atoms with Crippen molar-refractivity contribution in [1.29, 1.82) is 0 Å². The van der Waals surface area contributed by atoms with Gasteiger partial charge in [0.2, 0.25) is 5.95 Å². The number of benzene rings is 2. The molecule has 2 heterocycles. The minimum atomic E-state index is -0.313. The van der Waals surface area contributed by atoms with E-state index in [2.05, 4.69) is 26.7 Å². The van der Waals surface area contributed by atoms with Gasteiger partial charge in [-0.1, -0.05) is 6.07 Å². The summed E-state index contributed by atoms with van der Waals surface area (Å²) >= 11 is 0. The highest BCUT2D eigenvalue weighted by Crippen LogP contribution is 2.41. The third kappa shape index (κ3) is 4.62. The van der Waals surface area contributed by atoms with Gasteiger partial charge in [0.1, 0.15) is 17.7 Å². The molecule has 1 aliphatic carbocycles. The van der Waals surface area contributed by atoms with E-state index in [9.17, 15) is 9.50 Å². The molecule has 1 aromatic heterocycles. The number of piperidine rings is 1. The van der Waals surface area contributed by atoms with Gasteiger partial charge in [-0.2, -0.15) is 0 Å². The number of fused-ring (bicyclic) bond motifs is 1. The van der Waals surface area contributed by atoms with Crippen LogP contribution in [0.4, 0.5) is 16.0 Å². The number of aromatic nitrogens is 2. The molecule has 2 aliphatic rings. The average molecular weight is 423 g/mol. The lowest BCUT2D eigenvalue weighted by atomic mass is 9.95. The van der Waals surface area contributed by atoms with E-state index in [-0.39, 0.29) is 23.9 Å². The number of rotatable bonds is 5. The number of aliphatic hydroxyl groups excluding tert-OH is 1. The fourth-order valence-electron chi connectivity index (χ4n) is 4.59. The molecule has 0 spiro atoms. The van der Waals surface area contributed by atoms with Crippen LogP contribution in [0, 0.1) is 5.82 Å². The summed E-state index contributed by atoms with van der Waals surface area (Å²) < 4.78 is 20.0. The molecule has 31 heavy (non-hydrogen) atoms. The Balaban J connectivity index is 1.48. The van der Waals surface area contributed by atoms with Gasteiger partial charge in [-0.25, -0.2) is 14.4 Å². The summed E-state index contributed by atoms with van der Waals surface area (Å²) in [5, 5.41) is 17.4. The summed E-state index contributed by atoms with van der Waals surface area (Å²) in [7, 11) is 0. The third-order valence-corrected chi connectivity index (χ3v) is 6.22. The largest absolute Gasteiger partial charge is 0.490 e. The molecule has 1 unspecified atom stereocenters. The molecule has 162 valence electrons. The smallest absolute Gasteiger partial charge is 0.227 e. The lowest BCUT2D eigenvalue weighted by Gasteiger charge is -2.26. The SMILES string of the molecule is O[C@@H]1CCC(c2cc3cnc(Nc4cccc(F)c4)nc3cc2OC2CCNCC2)C1. The molecular weight excluding hydrogens is 395 g/mol. The molecule has 1 saturated carbocycles. The van der Waals surface area contributed by atoms with Crippen LogP contribution >= 0.6 is 0 Å². The minimum absolute atomic E-state index is 0.176. The molecule has 2 atom stereocenters. The molecule has 1 aliphatic heterocycles. The van der Waals surface area contributed by atoms with E-state index in [0.29, 0.717) is 11.6 Å². The van der Waals surface area contributed by atoms with Crippen LogP contribution in [0.5, 0.6) is 5.75 Å². The number of hydrogen-bond donors (Lipinski definition) is 3. The van der Waals surface area contributed by atoms with Gasteiger partial charge in [0.15, 0.2) is 0 Å². The van der Waals surface area contributed by atoms with E-state index < -0.39 is 0 Å². The first-order valence-corrected chi connectivity index (χ1v) is 11.0. The maximum Gasteiger partial charge on any atom is 0.227 e. The van der Waals surface area contributed by atoms with Crippen LogP contribution in [-0.4, -0.2) is 40.4 Å². The van der Waals surface area contributed by atoms with Crippen LogP contribution in [0.1, 0.15) is 43.6 Å². The van der Waals surface area contributed by atoms with Crippen LogP contribution < -0.4 is 15.4 Å². The number of hydrogen-bond acceptors (Lipinski definition) is 6. The summed E-state index contributed by atoms with van der Waals surface area (Å²) in [6, 6.07) is 10.3. The minimum Gasteiger partial charge on any atom is -0.490 e. The summed E-state index contributed by atoms with van der Waals surface area (Å²) in [6.45, 7) is 1.92. The quantitative estimate of drug-likeness (QED) is 0.570. The Morgan fingerprint density at radius 1 is 1.10 bits per heavy atom. The molecule has 0 amide bonds. The van der Waals surface area contributed by atoms with Crippen molar-refractivity contribution in [3.63, 3.8) is 0 Å². The van der Waals surface area contributed by atoms with Crippen LogP contribution in [0.15, 0.2) is 42.6 Å². The number of halogens is 1. The van der Waals surface area contributed by atoms with Gasteiger partial charge in [0.25, 0.3) is 0 Å². The predicted octanol–water partition coefficient (Wildman–Crippen LogP) is 4.27. The first-order chi connectivity index (χ1) is 15.1. The van der Waals surface area contributed by atoms with Crippen molar-refractivity contribution in [2.75, 3.05) is 18.4 Å². The highest BCUT2D eigenvalue weighted by atomic mass is 19.1. The molecule has 1 saturated heterocycles. The van der Waals surface area contributed by atoms with Crippen molar-refractivity contribution in [2.24, 2.45) is 0 Å². The maximum atomic E-state index is 13.5. The fourth-order valence-corrected chi connectivity index (χ4v) is 4.59. The second-order valence-corrected chi connectivity index (χ2v) is 8.51. The number of nitrogens with zero attached hydrogens (tertiary/aromatic N) is 2. The van der Waals surface area contributed by atoms with Crippen molar-refractivity contribution in [3.8, 4) is 5.75 Å². The zero-order chi connectivity index (χ0) is 21.2. The topological polar surface area (TPSA) is 79.3 Å². The summed E-state index contributed by atoms with van der Waals surface area (Å²) in [6.07, 6.45) is 6.19. The molecular formula is C24H27FN4O2. The average Bonchev–Trinajstić information content (AvgIpc) is 3.20. The first-order valence-electron chi connectivity index (χ1n) is 11.0. The fraction of sp³-hybridized carbons (Fsp3) is 0.417. The van der Waals surface area contributed by atoms with Crippen molar-refractivity contribution in [1.82, 2.24) is 15.3 Å². The summed E-state index contributed by atoms with van der Waals surface area (Å²) in [5.41, 5.74) is 2.51. The van der Waals surface area contributed by atoms with E-state index in [1.54, 1.807) is 18.3 Å². The maximum absolute atomic E-state index is 13.5. The lowest BCUT2D eigenvalue weighted by Crippen LogP contribution is -2.34. The number of anilines is 2. The Morgan fingerprint density at radius 3 is 2.74 bits per heavy atom. The first kappa shape index (κ1) is 20.2. The Kier molecular flexibility index (Phi) is 5.70. The van der Waals surface area contributed by atoms with Gasteiger partial charge in [-0.15, -0.1) is 0 Å². The molecule has 0 bridgehead atoms. The van der Waals surface area contributed by atoms with Crippen LogP contribution in [-0.2, 0) is 0 Å². The second kappa shape index (κ2) is 8.77. The van der Waals surface area contributed by atoms with Crippen LogP contribution in [0.3, 0.4) is 0 Å². The monoisotopic (exact) mass is 422 g/mol. The highest BCUT2D eigenvalue weighted by Gasteiger charge is 2.28. The molecule has 2 aromatic carbocycles. The van der Waals surface area contributed by atoms with Gasteiger partial charge in [-0.05, 0) is 80.9 Å². The van der Waals surface area contributed by atoms with E-state index in [0.717, 1.165) is 67.4 Å². The van der Waals surface area contributed by atoms with E-state index in [1.165, 1.54) is 12.1 Å². The van der Waals surface area contributed by atoms with Crippen molar-refractivity contribution in [3.05, 3.63) is 54.0 Å². The molecule has 0 radical (unpaired) electrons. The molecule has 3 aromatic rings. The third-order valence-electron chi connectivity index (χ3n) is 6.22. The Bertz CT molecular complexity index is 1070. The predicted molar refractivity (Wildman–Crippen MR) is 118 cm³/mol. The summed E-state index contributed by atoms with van der Waals surface area (Å²) in [4.78, 5) is 9.07. The number of aliphatic hydroxyl groups is 1. The standard InChI is InChI=1S/C24H27FN4O2/c25-17-2-1-3-18(12-17)28-24-27-14-16-11-21(15-4-5-19(30)10-15)23(13-22(16)29-24)31-20-6-8-26-9-7-20/h1-3,11-15,19-20,26,30H,4-10H2,(H,27,28,29)/t15?,19-/m1/s1. The second-order valence-electron chi connectivity index (χ2n) is 8.51. The van der Waals surface area contributed by atoms with E-state index in [1.807, 2.05) is 6.07 Å². The lowest BCUT2D eigenvalue weighted by molar-refractivity contribution is 0.159. The number of ether oxygens (including phenoxy) is 1. The Morgan fingerprint density at radius 2 is 1.97 bits per heavy atom. The van der Waals surface area contributed by atoms with Gasteiger partial charge in [0.05, 0.1) is 11.6 Å². The zero-order valence-corrected chi connectivity index (χ0v) is 17.4. The Labute approximate surface area is 180 Å². The van der Waals surface area contributed by atoms with Crippen molar-refractivity contribution < 1.29 is 14.2 Å². The Hall–Kier alpha value is -2.77. The molecule has 3 N–H and O–H groups in total. The molecule has 6 nitrogen and oxygen atoms in total. The zero-order valence-electron chi connectivity index (χ0n) is 17.4. The van der Waals surface area contributed by atoms with Gasteiger partial charge < -0.3 is 20.5 Å². The van der Waals surface area contributed by atoms with Crippen LogP contribution in [0.2, 0.25) is 0 Å². The van der Waals surface area contributed by atoms with Crippen molar-refractivity contribution >= 4 is 22.5 Å². The van der Waals surface area contributed by atoms with E-state index in [4.69, 9.17) is 4.74 Å². The van der Waals surface area contributed by atoms with Crippen LogP contribution in [0.25, 0.3) is 10.9 Å². The molecule has 7 heteroatoms. The summed E-state index contributed by atoms with van der Waals surface area (Å²) in [5.74, 6) is 1.23. The van der Waals surface area contributed by atoms with Crippen molar-refractivity contribution in [2.45, 2.75) is 50.2 Å². The van der Waals surface area contributed by atoms with Gasteiger partial charge in [-0.3, -0.25) is 0 Å². The van der Waals surface area contributed by atoms with Gasteiger partial charge in [0, 0.05) is 23.3 Å².